The standard InChI is InChI=1S/C15H12BrNO3S/c1-11-6-8-12(9-7-11)21(18,19)20-17-10-14(16)13-4-2-3-5-15(13)17/h2-10H,1H3. The Balaban J connectivity index is 2.03. The predicted octanol–water partition coefficient (Wildman–Crippen LogP) is 3.53. The van der Waals surface area contributed by atoms with Crippen molar-refractivity contribution in [3.8, 4) is 0 Å². The molecule has 4 nitrogen and oxygen atoms in total. The molecule has 1 heterocycles. The number of benzene rings is 2. The molecule has 0 amide bonds. The Hall–Kier alpha value is -1.79. The molecule has 1 aromatic heterocycles. The third-order valence-electron chi connectivity index (χ3n) is 3.12. The Morgan fingerprint density at radius 3 is 2.43 bits per heavy atom. The highest BCUT2D eigenvalue weighted by Crippen LogP contribution is 2.26. The number of aryl methyl sites for hydroxylation is 1. The summed E-state index contributed by atoms with van der Waals surface area (Å²) in [4.78, 5) is 0.127. The molecule has 0 spiro atoms. The minimum Gasteiger partial charge on any atom is -0.284 e. The molecule has 0 aliphatic heterocycles. The number of hydrogen-bond donors (Lipinski definition) is 0. The molecule has 3 aromatic rings. The minimum absolute atomic E-state index is 0.127. The minimum atomic E-state index is -3.87. The maximum atomic E-state index is 12.3. The van der Waals surface area contributed by atoms with Gasteiger partial charge in [0.25, 0.3) is 0 Å². The lowest BCUT2D eigenvalue weighted by Crippen LogP contribution is -2.19. The summed E-state index contributed by atoms with van der Waals surface area (Å²) in [6.45, 7) is 1.90. The van der Waals surface area contributed by atoms with Crippen LogP contribution in [0.2, 0.25) is 0 Å². The molecular weight excluding hydrogens is 354 g/mol. The Morgan fingerprint density at radius 2 is 1.71 bits per heavy atom. The Kier molecular flexibility index (Phi) is 3.51. The van der Waals surface area contributed by atoms with E-state index in [-0.39, 0.29) is 4.90 Å². The molecule has 0 unspecified atom stereocenters. The Morgan fingerprint density at radius 1 is 1.05 bits per heavy atom. The van der Waals surface area contributed by atoms with Gasteiger partial charge in [0.15, 0.2) is 0 Å². The first-order valence-electron chi connectivity index (χ1n) is 6.24. The summed E-state index contributed by atoms with van der Waals surface area (Å²) >= 11 is 3.40. The summed E-state index contributed by atoms with van der Waals surface area (Å²) in [5.41, 5.74) is 1.67. The highest BCUT2D eigenvalue weighted by Gasteiger charge is 2.18. The van der Waals surface area contributed by atoms with Crippen molar-refractivity contribution in [3.05, 3.63) is 64.8 Å². The number of fused-ring (bicyclic) bond motifs is 1. The second-order valence-electron chi connectivity index (χ2n) is 4.66. The third kappa shape index (κ3) is 2.69. The highest BCUT2D eigenvalue weighted by molar-refractivity contribution is 9.10. The van der Waals surface area contributed by atoms with Gasteiger partial charge in [-0.3, -0.25) is 4.28 Å². The van der Waals surface area contributed by atoms with Crippen molar-refractivity contribution in [3.63, 3.8) is 0 Å². The van der Waals surface area contributed by atoms with Crippen molar-refractivity contribution in [2.45, 2.75) is 11.8 Å². The molecule has 108 valence electrons. The predicted molar refractivity (Wildman–Crippen MR) is 84.6 cm³/mol. The van der Waals surface area contributed by atoms with Crippen LogP contribution < -0.4 is 4.28 Å². The summed E-state index contributed by atoms with van der Waals surface area (Å²) in [6.07, 6.45) is 1.59. The highest BCUT2D eigenvalue weighted by atomic mass is 79.9. The number of halogens is 1. The van der Waals surface area contributed by atoms with E-state index < -0.39 is 10.1 Å². The van der Waals surface area contributed by atoms with Crippen molar-refractivity contribution >= 4 is 37.0 Å². The van der Waals surface area contributed by atoms with Gasteiger partial charge in [0.1, 0.15) is 4.90 Å². The average Bonchev–Trinajstić information content (AvgIpc) is 2.76. The van der Waals surface area contributed by atoms with Crippen LogP contribution in [0.25, 0.3) is 10.9 Å². The van der Waals surface area contributed by atoms with Crippen LogP contribution in [0, 0.1) is 6.92 Å². The maximum absolute atomic E-state index is 12.3. The van der Waals surface area contributed by atoms with E-state index in [4.69, 9.17) is 4.28 Å². The van der Waals surface area contributed by atoms with Gasteiger partial charge in [-0.25, -0.2) is 0 Å². The van der Waals surface area contributed by atoms with Crippen molar-refractivity contribution in [2.24, 2.45) is 0 Å². The van der Waals surface area contributed by atoms with Gasteiger partial charge in [0.2, 0.25) is 0 Å². The monoisotopic (exact) mass is 365 g/mol. The van der Waals surface area contributed by atoms with E-state index in [0.29, 0.717) is 5.52 Å². The first kappa shape index (κ1) is 14.2. The fourth-order valence-corrected chi connectivity index (χ4v) is 3.44. The lowest BCUT2D eigenvalue weighted by molar-refractivity contribution is 0.292. The van der Waals surface area contributed by atoms with Gasteiger partial charge in [-0.15, -0.1) is 0 Å². The maximum Gasteiger partial charge on any atom is 0.357 e. The topological polar surface area (TPSA) is 48.3 Å². The molecular formula is C15H12BrNO3S. The van der Waals surface area contributed by atoms with Crippen LogP contribution in [-0.4, -0.2) is 13.1 Å². The first-order chi connectivity index (χ1) is 9.97. The summed E-state index contributed by atoms with van der Waals surface area (Å²) in [5.74, 6) is 0. The van der Waals surface area contributed by atoms with Crippen molar-refractivity contribution in [1.82, 2.24) is 4.73 Å². The summed E-state index contributed by atoms with van der Waals surface area (Å²) in [6, 6.07) is 13.9. The second-order valence-corrected chi connectivity index (χ2v) is 7.04. The number of hydrogen-bond acceptors (Lipinski definition) is 3. The van der Waals surface area contributed by atoms with Crippen LogP contribution >= 0.6 is 15.9 Å². The van der Waals surface area contributed by atoms with Crippen LogP contribution in [0.5, 0.6) is 0 Å². The summed E-state index contributed by atoms with van der Waals surface area (Å²) in [5, 5.41) is 0.886. The van der Waals surface area contributed by atoms with E-state index >= 15 is 0 Å². The first-order valence-corrected chi connectivity index (χ1v) is 8.45. The SMILES string of the molecule is Cc1ccc(S(=O)(=O)On2cc(Br)c3ccccc32)cc1. The molecule has 0 saturated carbocycles. The Labute approximate surface area is 131 Å². The van der Waals surface area contributed by atoms with E-state index in [9.17, 15) is 8.42 Å². The molecule has 21 heavy (non-hydrogen) atoms. The lowest BCUT2D eigenvalue weighted by atomic mass is 10.2. The summed E-state index contributed by atoms with van der Waals surface area (Å²) in [7, 11) is -3.87. The molecule has 0 atom stereocenters. The Bertz CT molecular complexity index is 898. The number of para-hydroxylation sites is 1. The van der Waals surface area contributed by atoms with Gasteiger partial charge >= 0.3 is 10.1 Å². The van der Waals surface area contributed by atoms with Crippen LogP contribution in [-0.2, 0) is 10.1 Å². The largest absolute Gasteiger partial charge is 0.357 e. The molecule has 0 N–H and O–H groups in total. The lowest BCUT2D eigenvalue weighted by Gasteiger charge is -2.08. The van der Waals surface area contributed by atoms with E-state index in [1.165, 1.54) is 16.9 Å². The van der Waals surface area contributed by atoms with Crippen molar-refractivity contribution in [1.29, 1.82) is 0 Å². The number of aromatic nitrogens is 1. The molecule has 0 radical (unpaired) electrons. The normalized spacial score (nSPS) is 11.7. The smallest absolute Gasteiger partial charge is 0.284 e. The zero-order valence-corrected chi connectivity index (χ0v) is 13.6. The molecule has 2 aromatic carbocycles. The molecule has 0 aliphatic carbocycles. The molecule has 3 rings (SSSR count). The average molecular weight is 366 g/mol. The molecule has 0 fully saturated rings. The van der Waals surface area contributed by atoms with Gasteiger partial charge in [-0.05, 0) is 41.1 Å². The molecule has 0 saturated heterocycles. The van der Waals surface area contributed by atoms with E-state index in [0.717, 1.165) is 15.4 Å². The van der Waals surface area contributed by atoms with Crippen LogP contribution in [0.1, 0.15) is 5.56 Å². The van der Waals surface area contributed by atoms with Gasteiger partial charge in [0, 0.05) is 9.86 Å². The molecule has 6 heteroatoms. The number of rotatable bonds is 3. The van der Waals surface area contributed by atoms with Crippen LogP contribution in [0.4, 0.5) is 0 Å². The van der Waals surface area contributed by atoms with Gasteiger partial charge in [0.05, 0.1) is 11.7 Å². The fraction of sp³-hybridized carbons (Fsp3) is 0.0667. The molecule has 0 aliphatic rings. The fourth-order valence-electron chi connectivity index (χ4n) is 2.03. The van der Waals surface area contributed by atoms with Crippen LogP contribution in [0.15, 0.2) is 64.1 Å². The third-order valence-corrected chi connectivity index (χ3v) is 4.96. The molecule has 0 bridgehead atoms. The van der Waals surface area contributed by atoms with E-state index in [2.05, 4.69) is 15.9 Å². The quantitative estimate of drug-likeness (QED) is 0.713. The zero-order valence-electron chi connectivity index (χ0n) is 11.2. The zero-order chi connectivity index (χ0) is 15.0. The van der Waals surface area contributed by atoms with Gasteiger partial charge in [-0.1, -0.05) is 35.9 Å². The van der Waals surface area contributed by atoms with Gasteiger partial charge in [-0.2, -0.15) is 13.1 Å². The van der Waals surface area contributed by atoms with Crippen LogP contribution in [0.3, 0.4) is 0 Å². The van der Waals surface area contributed by atoms with Crippen molar-refractivity contribution < 1.29 is 12.7 Å². The number of nitrogens with zero attached hydrogens (tertiary/aromatic N) is 1. The van der Waals surface area contributed by atoms with E-state index in [1.54, 1.807) is 24.4 Å². The van der Waals surface area contributed by atoms with E-state index in [1.807, 2.05) is 25.1 Å². The second kappa shape index (κ2) is 5.20. The van der Waals surface area contributed by atoms with Crippen molar-refractivity contribution in [2.75, 3.05) is 0 Å². The van der Waals surface area contributed by atoms with Gasteiger partial charge < -0.3 is 0 Å². The summed E-state index contributed by atoms with van der Waals surface area (Å²) < 4.78 is 31.9.